The minimum Gasteiger partial charge on any atom is -0.330 e. The normalized spacial score (nSPS) is 11.8. The van der Waals surface area contributed by atoms with Crippen LogP contribution in [0.1, 0.15) is 36.1 Å². The van der Waals surface area contributed by atoms with Gasteiger partial charge in [-0.3, -0.25) is 14.9 Å². The van der Waals surface area contributed by atoms with Crippen LogP contribution in [0.3, 0.4) is 0 Å². The predicted molar refractivity (Wildman–Crippen MR) is 107 cm³/mol. The molecule has 28 heavy (non-hydrogen) atoms. The molecule has 1 N–H and O–H groups in total. The van der Waals surface area contributed by atoms with Crippen LogP contribution in [-0.4, -0.2) is 20.4 Å². The summed E-state index contributed by atoms with van der Waals surface area (Å²) in [7, 11) is 0. The first-order chi connectivity index (χ1) is 13.5. The van der Waals surface area contributed by atoms with Crippen LogP contribution in [-0.2, 0) is 11.2 Å². The van der Waals surface area contributed by atoms with Crippen LogP contribution < -0.4 is 5.32 Å². The van der Waals surface area contributed by atoms with Gasteiger partial charge < -0.3 is 9.88 Å². The number of amides is 1. The molecule has 7 nitrogen and oxygen atoms in total. The molecular formula is C21H22N4O3. The van der Waals surface area contributed by atoms with Crippen LogP contribution in [0.15, 0.2) is 61.2 Å². The fourth-order valence-corrected chi connectivity index (χ4v) is 3.26. The van der Waals surface area contributed by atoms with Gasteiger partial charge in [-0.15, -0.1) is 0 Å². The molecular weight excluding hydrogens is 356 g/mol. The van der Waals surface area contributed by atoms with Crippen molar-refractivity contribution in [2.45, 2.75) is 32.7 Å². The highest BCUT2D eigenvalue weighted by atomic mass is 16.6. The van der Waals surface area contributed by atoms with E-state index in [9.17, 15) is 14.9 Å². The lowest BCUT2D eigenvalue weighted by Crippen LogP contribution is -2.16. The summed E-state index contributed by atoms with van der Waals surface area (Å²) in [5.74, 6) is -0.285. The van der Waals surface area contributed by atoms with Gasteiger partial charge in [-0.1, -0.05) is 37.3 Å². The third-order valence-electron chi connectivity index (χ3n) is 4.76. The number of imidazole rings is 1. The molecule has 0 spiro atoms. The SMILES string of the molecule is CCC(c1ccc(NC(=O)Cc2ccccc2C)c([N+](=O)[O-])c1)n1ccnc1. The molecule has 1 atom stereocenters. The van der Waals surface area contributed by atoms with Crippen molar-refractivity contribution in [1.82, 2.24) is 9.55 Å². The number of nitro groups is 1. The van der Waals surface area contributed by atoms with E-state index in [1.807, 2.05) is 54.9 Å². The van der Waals surface area contributed by atoms with Gasteiger partial charge in [0.2, 0.25) is 5.91 Å². The molecule has 1 heterocycles. The summed E-state index contributed by atoms with van der Waals surface area (Å²) >= 11 is 0. The van der Waals surface area contributed by atoms with Gasteiger partial charge >= 0.3 is 0 Å². The first kappa shape index (κ1) is 19.3. The zero-order valence-corrected chi connectivity index (χ0v) is 15.8. The minimum absolute atomic E-state index is 0.0575. The molecule has 1 amide bonds. The van der Waals surface area contributed by atoms with E-state index in [0.29, 0.717) is 0 Å². The predicted octanol–water partition coefficient (Wildman–Crippen LogP) is 4.28. The van der Waals surface area contributed by atoms with E-state index in [1.165, 1.54) is 6.07 Å². The van der Waals surface area contributed by atoms with Gasteiger partial charge in [0.15, 0.2) is 0 Å². The number of anilines is 1. The van der Waals surface area contributed by atoms with Crippen LogP contribution in [0.25, 0.3) is 0 Å². The molecule has 2 aromatic carbocycles. The lowest BCUT2D eigenvalue weighted by molar-refractivity contribution is -0.384. The lowest BCUT2D eigenvalue weighted by atomic mass is 10.0. The highest BCUT2D eigenvalue weighted by Gasteiger charge is 2.20. The number of carbonyl (C=O) groups is 1. The number of aromatic nitrogens is 2. The van der Waals surface area contributed by atoms with Gasteiger partial charge in [0.25, 0.3) is 5.69 Å². The van der Waals surface area contributed by atoms with Gasteiger partial charge in [0, 0.05) is 18.5 Å². The van der Waals surface area contributed by atoms with Crippen LogP contribution in [0.4, 0.5) is 11.4 Å². The maximum atomic E-state index is 12.4. The summed E-state index contributed by atoms with van der Waals surface area (Å²) < 4.78 is 1.91. The van der Waals surface area contributed by atoms with E-state index in [1.54, 1.807) is 18.6 Å². The maximum absolute atomic E-state index is 12.4. The molecule has 0 aliphatic heterocycles. The van der Waals surface area contributed by atoms with E-state index in [4.69, 9.17) is 0 Å². The van der Waals surface area contributed by atoms with Crippen LogP contribution in [0, 0.1) is 17.0 Å². The summed E-state index contributed by atoms with van der Waals surface area (Å²) in [4.78, 5) is 27.6. The van der Waals surface area contributed by atoms with Crippen molar-refractivity contribution in [3.8, 4) is 0 Å². The molecule has 3 rings (SSSR count). The van der Waals surface area contributed by atoms with Crippen LogP contribution in [0.5, 0.6) is 0 Å². The van der Waals surface area contributed by atoms with Crippen molar-refractivity contribution in [3.05, 3.63) is 88.0 Å². The lowest BCUT2D eigenvalue weighted by Gasteiger charge is -2.17. The number of hydrogen-bond donors (Lipinski definition) is 1. The van der Waals surface area contributed by atoms with E-state index < -0.39 is 4.92 Å². The van der Waals surface area contributed by atoms with Gasteiger partial charge in [-0.25, -0.2) is 4.98 Å². The van der Waals surface area contributed by atoms with Gasteiger partial charge in [0.05, 0.1) is 23.7 Å². The molecule has 144 valence electrons. The third-order valence-corrected chi connectivity index (χ3v) is 4.76. The van der Waals surface area contributed by atoms with E-state index >= 15 is 0 Å². The second kappa shape index (κ2) is 8.47. The average Bonchev–Trinajstić information content (AvgIpc) is 3.19. The zero-order chi connectivity index (χ0) is 20.1. The molecule has 1 unspecified atom stereocenters. The molecule has 1 aromatic heterocycles. The zero-order valence-electron chi connectivity index (χ0n) is 15.8. The number of nitrogens with one attached hydrogen (secondary N) is 1. The number of benzene rings is 2. The number of rotatable bonds is 7. The highest BCUT2D eigenvalue weighted by molar-refractivity contribution is 5.94. The topological polar surface area (TPSA) is 90.1 Å². The Hall–Kier alpha value is -3.48. The minimum atomic E-state index is -0.465. The van der Waals surface area contributed by atoms with Gasteiger partial charge in [-0.2, -0.15) is 0 Å². The van der Waals surface area contributed by atoms with Crippen molar-refractivity contribution in [3.63, 3.8) is 0 Å². The van der Waals surface area contributed by atoms with E-state index in [0.717, 1.165) is 23.1 Å². The highest BCUT2D eigenvalue weighted by Crippen LogP contribution is 2.31. The Bertz CT molecular complexity index is 983. The second-order valence-corrected chi connectivity index (χ2v) is 6.62. The Morgan fingerprint density at radius 2 is 2.07 bits per heavy atom. The fourth-order valence-electron chi connectivity index (χ4n) is 3.26. The smallest absolute Gasteiger partial charge is 0.293 e. The maximum Gasteiger partial charge on any atom is 0.293 e. The summed E-state index contributed by atoms with van der Waals surface area (Å²) in [6.45, 7) is 3.94. The first-order valence-corrected chi connectivity index (χ1v) is 9.09. The molecule has 0 saturated carbocycles. The summed E-state index contributed by atoms with van der Waals surface area (Å²) in [6, 6.07) is 12.5. The molecule has 0 radical (unpaired) electrons. The second-order valence-electron chi connectivity index (χ2n) is 6.62. The summed E-state index contributed by atoms with van der Waals surface area (Å²) in [5, 5.41) is 14.3. The largest absolute Gasteiger partial charge is 0.330 e. The standard InChI is InChI=1S/C21H22N4O3/c1-3-19(24-11-10-22-14-24)17-8-9-18(20(12-17)25(27)28)23-21(26)13-16-7-5-4-6-15(16)2/h4-12,14,19H,3,13H2,1-2H3,(H,23,26). The van der Waals surface area contributed by atoms with Crippen molar-refractivity contribution < 1.29 is 9.72 Å². The summed E-state index contributed by atoms with van der Waals surface area (Å²) in [6.07, 6.45) is 6.12. The van der Waals surface area contributed by atoms with Crippen molar-refractivity contribution in [2.75, 3.05) is 5.32 Å². The monoisotopic (exact) mass is 378 g/mol. The third kappa shape index (κ3) is 4.25. The van der Waals surface area contributed by atoms with E-state index in [2.05, 4.69) is 10.3 Å². The number of aryl methyl sites for hydroxylation is 1. The van der Waals surface area contributed by atoms with E-state index in [-0.39, 0.29) is 29.7 Å². The number of nitrogens with zero attached hydrogens (tertiary/aromatic N) is 3. The molecule has 7 heteroatoms. The Morgan fingerprint density at radius 3 is 2.71 bits per heavy atom. The Kier molecular flexibility index (Phi) is 5.84. The first-order valence-electron chi connectivity index (χ1n) is 9.09. The number of hydrogen-bond acceptors (Lipinski definition) is 4. The Labute approximate surface area is 163 Å². The molecule has 0 fully saturated rings. The molecule has 3 aromatic rings. The fraction of sp³-hybridized carbons (Fsp3) is 0.238. The number of carbonyl (C=O) groups excluding carboxylic acids is 1. The Balaban J connectivity index is 1.84. The van der Waals surface area contributed by atoms with Crippen LogP contribution in [0.2, 0.25) is 0 Å². The van der Waals surface area contributed by atoms with Gasteiger partial charge in [-0.05, 0) is 36.1 Å². The van der Waals surface area contributed by atoms with Crippen molar-refractivity contribution >= 4 is 17.3 Å². The summed E-state index contributed by atoms with van der Waals surface area (Å²) in [5.41, 5.74) is 2.78. The van der Waals surface area contributed by atoms with Crippen molar-refractivity contribution in [1.29, 1.82) is 0 Å². The molecule has 0 saturated heterocycles. The van der Waals surface area contributed by atoms with Gasteiger partial charge in [0.1, 0.15) is 5.69 Å². The van der Waals surface area contributed by atoms with Crippen molar-refractivity contribution in [2.24, 2.45) is 0 Å². The molecule has 0 aliphatic rings. The van der Waals surface area contributed by atoms with Crippen LogP contribution >= 0.6 is 0 Å². The number of nitro benzene ring substituents is 1. The molecule has 0 aliphatic carbocycles. The quantitative estimate of drug-likeness (QED) is 0.491. The average molecular weight is 378 g/mol. The molecule has 0 bridgehead atoms. The Morgan fingerprint density at radius 1 is 1.29 bits per heavy atom.